The second kappa shape index (κ2) is 6.74. The number of rotatable bonds is 6. The fourth-order valence-corrected chi connectivity index (χ4v) is 5.89. The lowest BCUT2D eigenvalue weighted by atomic mass is 9.97. The van der Waals surface area contributed by atoms with Gasteiger partial charge >= 0.3 is 0 Å². The predicted octanol–water partition coefficient (Wildman–Crippen LogP) is 2.62. The zero-order chi connectivity index (χ0) is 15.6. The minimum absolute atomic E-state index is 0.0864. The summed E-state index contributed by atoms with van der Waals surface area (Å²) in [6.07, 6.45) is 0.907. The molecule has 0 spiro atoms. The van der Waals surface area contributed by atoms with Crippen molar-refractivity contribution >= 4 is 47.6 Å². The molecule has 0 aliphatic heterocycles. The van der Waals surface area contributed by atoms with E-state index in [9.17, 15) is 8.42 Å². The third-order valence-electron chi connectivity index (χ3n) is 3.11. The van der Waals surface area contributed by atoms with Gasteiger partial charge in [-0.1, -0.05) is 6.92 Å². The average Bonchev–Trinajstić information content (AvgIpc) is 2.26. The maximum absolute atomic E-state index is 12.5. The van der Waals surface area contributed by atoms with E-state index in [1.807, 2.05) is 6.92 Å². The highest BCUT2D eigenvalue weighted by Crippen LogP contribution is 2.33. The molecule has 0 heterocycles. The summed E-state index contributed by atoms with van der Waals surface area (Å²) in [6, 6.07) is 3.07. The van der Waals surface area contributed by atoms with Gasteiger partial charge in [-0.25, -0.2) is 13.1 Å². The molecule has 20 heavy (non-hydrogen) atoms. The van der Waals surface area contributed by atoms with Crippen LogP contribution in [0.2, 0.25) is 0 Å². The molecule has 8 heteroatoms. The Morgan fingerprint density at radius 2 is 1.85 bits per heavy atom. The molecule has 114 valence electrons. The summed E-state index contributed by atoms with van der Waals surface area (Å²) in [4.78, 5) is 0.101. The van der Waals surface area contributed by atoms with Crippen LogP contribution in [-0.4, -0.2) is 25.7 Å². The molecule has 1 rings (SSSR count). The van der Waals surface area contributed by atoms with Crippen molar-refractivity contribution in [2.75, 3.05) is 12.3 Å². The first-order valence-electron chi connectivity index (χ1n) is 6.04. The second-order valence-corrected chi connectivity index (χ2v) is 8.13. The molecule has 0 bridgehead atoms. The number of hydrogen-bond acceptors (Lipinski definition) is 4. The Kier molecular flexibility index (Phi) is 6.03. The van der Waals surface area contributed by atoms with Crippen molar-refractivity contribution in [1.82, 2.24) is 4.72 Å². The third kappa shape index (κ3) is 4.17. The van der Waals surface area contributed by atoms with Gasteiger partial charge in [-0.3, -0.25) is 0 Å². The molecule has 0 aliphatic rings. The first kappa shape index (κ1) is 17.9. The maximum atomic E-state index is 12.5. The number of aliphatic hydroxyl groups is 1. The fraction of sp³-hybridized carbons (Fsp3) is 0.500. The number of hydrogen-bond donors (Lipinski definition) is 3. The summed E-state index contributed by atoms with van der Waals surface area (Å²) >= 11 is 6.45. The Bertz CT molecular complexity index is 569. The standard InChI is InChI=1S/C12H18Br2N2O3S/c1-3-12(2,4-5-17)16-20(18,19)11-9(13)6-8(15)7-10(11)14/h6-7,16-17H,3-5,15H2,1-2H3. The molecular formula is C12H18Br2N2O3S. The lowest BCUT2D eigenvalue weighted by Gasteiger charge is -2.29. The Hall–Kier alpha value is -0.150. The van der Waals surface area contributed by atoms with Gasteiger partial charge < -0.3 is 10.8 Å². The van der Waals surface area contributed by atoms with Gasteiger partial charge in [-0.2, -0.15) is 0 Å². The van der Waals surface area contributed by atoms with E-state index in [0.717, 1.165) is 0 Å². The SMILES string of the molecule is CCC(C)(CCO)NS(=O)(=O)c1c(Br)cc(N)cc1Br. The Balaban J connectivity index is 3.25. The lowest BCUT2D eigenvalue weighted by molar-refractivity contribution is 0.233. The summed E-state index contributed by atoms with van der Waals surface area (Å²) in [6.45, 7) is 3.54. The maximum Gasteiger partial charge on any atom is 0.243 e. The van der Waals surface area contributed by atoms with E-state index in [2.05, 4.69) is 36.6 Å². The topological polar surface area (TPSA) is 92.4 Å². The number of aliphatic hydroxyl groups excluding tert-OH is 1. The van der Waals surface area contributed by atoms with Gasteiger partial charge in [-0.05, 0) is 63.8 Å². The molecule has 5 nitrogen and oxygen atoms in total. The van der Waals surface area contributed by atoms with Crippen LogP contribution in [0.5, 0.6) is 0 Å². The number of sulfonamides is 1. The molecule has 1 aromatic carbocycles. The summed E-state index contributed by atoms with van der Waals surface area (Å²) < 4.78 is 28.5. The second-order valence-electron chi connectivity index (χ2n) is 4.81. The van der Waals surface area contributed by atoms with Crippen LogP contribution in [0.3, 0.4) is 0 Å². The Morgan fingerprint density at radius 1 is 1.35 bits per heavy atom. The number of nitrogens with one attached hydrogen (secondary N) is 1. The van der Waals surface area contributed by atoms with Crippen molar-refractivity contribution in [3.05, 3.63) is 21.1 Å². The van der Waals surface area contributed by atoms with Gasteiger partial charge in [-0.15, -0.1) is 0 Å². The van der Waals surface area contributed by atoms with Crippen molar-refractivity contribution < 1.29 is 13.5 Å². The zero-order valence-electron chi connectivity index (χ0n) is 11.3. The van der Waals surface area contributed by atoms with Crippen molar-refractivity contribution in [1.29, 1.82) is 0 Å². The molecule has 1 unspecified atom stereocenters. The quantitative estimate of drug-likeness (QED) is 0.606. The van der Waals surface area contributed by atoms with E-state index in [4.69, 9.17) is 10.8 Å². The van der Waals surface area contributed by atoms with Gasteiger partial charge in [0.2, 0.25) is 10.0 Å². The third-order valence-corrected chi connectivity index (χ3v) is 6.63. The number of benzene rings is 1. The molecule has 0 aromatic heterocycles. The summed E-state index contributed by atoms with van der Waals surface area (Å²) in [5.41, 5.74) is 5.42. The Labute approximate surface area is 136 Å². The molecule has 0 saturated carbocycles. The van der Waals surface area contributed by atoms with Gasteiger partial charge in [0.25, 0.3) is 0 Å². The van der Waals surface area contributed by atoms with E-state index in [1.165, 1.54) is 12.1 Å². The van der Waals surface area contributed by atoms with Crippen LogP contribution in [0.4, 0.5) is 5.69 Å². The minimum Gasteiger partial charge on any atom is -0.399 e. The summed E-state index contributed by atoms with van der Waals surface area (Å²) in [5.74, 6) is 0. The first-order valence-corrected chi connectivity index (χ1v) is 9.11. The van der Waals surface area contributed by atoms with Crippen LogP contribution in [-0.2, 0) is 10.0 Å². The summed E-state index contributed by atoms with van der Waals surface area (Å²) in [5, 5.41) is 9.08. The average molecular weight is 430 g/mol. The van der Waals surface area contributed by atoms with Crippen molar-refractivity contribution in [2.24, 2.45) is 0 Å². The molecule has 1 aromatic rings. The highest BCUT2D eigenvalue weighted by atomic mass is 79.9. The Morgan fingerprint density at radius 3 is 2.25 bits per heavy atom. The molecule has 0 amide bonds. The first-order chi connectivity index (χ1) is 9.15. The van der Waals surface area contributed by atoms with Crippen molar-refractivity contribution in [3.63, 3.8) is 0 Å². The molecule has 1 atom stereocenters. The lowest BCUT2D eigenvalue weighted by Crippen LogP contribution is -2.46. The summed E-state index contributed by atoms with van der Waals surface area (Å²) in [7, 11) is -3.74. The van der Waals surface area contributed by atoms with Crippen LogP contribution in [0.15, 0.2) is 26.0 Å². The molecule has 0 aliphatic carbocycles. The van der Waals surface area contributed by atoms with Gasteiger partial charge in [0.15, 0.2) is 0 Å². The van der Waals surface area contributed by atoms with Gasteiger partial charge in [0, 0.05) is 26.8 Å². The molecule has 0 radical (unpaired) electrons. The van der Waals surface area contributed by atoms with Gasteiger partial charge in [0.1, 0.15) is 4.90 Å². The smallest absolute Gasteiger partial charge is 0.243 e. The van der Waals surface area contributed by atoms with Crippen LogP contribution >= 0.6 is 31.9 Å². The fourth-order valence-electron chi connectivity index (χ4n) is 1.76. The number of anilines is 1. The number of nitrogens with two attached hydrogens (primary N) is 1. The van der Waals surface area contributed by atoms with Crippen LogP contribution < -0.4 is 10.5 Å². The number of halogens is 2. The van der Waals surface area contributed by atoms with E-state index in [-0.39, 0.29) is 11.5 Å². The zero-order valence-corrected chi connectivity index (χ0v) is 15.3. The van der Waals surface area contributed by atoms with Crippen LogP contribution in [0, 0.1) is 0 Å². The highest BCUT2D eigenvalue weighted by Gasteiger charge is 2.31. The van der Waals surface area contributed by atoms with Crippen molar-refractivity contribution in [2.45, 2.75) is 37.1 Å². The van der Waals surface area contributed by atoms with Crippen LogP contribution in [0.1, 0.15) is 26.7 Å². The monoisotopic (exact) mass is 428 g/mol. The molecular weight excluding hydrogens is 412 g/mol. The molecule has 0 saturated heterocycles. The van der Waals surface area contributed by atoms with E-state index >= 15 is 0 Å². The highest BCUT2D eigenvalue weighted by molar-refractivity contribution is 9.11. The molecule has 0 fully saturated rings. The van der Waals surface area contributed by atoms with Gasteiger partial charge in [0.05, 0.1) is 0 Å². The van der Waals surface area contributed by atoms with E-state index in [1.54, 1.807) is 6.92 Å². The largest absolute Gasteiger partial charge is 0.399 e. The minimum atomic E-state index is -3.74. The van der Waals surface area contributed by atoms with Crippen LogP contribution in [0.25, 0.3) is 0 Å². The van der Waals surface area contributed by atoms with E-state index in [0.29, 0.717) is 27.5 Å². The van der Waals surface area contributed by atoms with E-state index < -0.39 is 15.6 Å². The number of nitrogen functional groups attached to an aromatic ring is 1. The predicted molar refractivity (Wildman–Crippen MR) is 87.0 cm³/mol. The normalized spacial score (nSPS) is 15.1. The molecule has 4 N–H and O–H groups in total. The van der Waals surface area contributed by atoms with Crippen molar-refractivity contribution in [3.8, 4) is 0 Å².